The molecule has 0 bridgehead atoms. The Morgan fingerprint density at radius 2 is 2.16 bits per heavy atom. The number of amides is 1. The van der Waals surface area contributed by atoms with Gasteiger partial charge < -0.3 is 14.4 Å². The van der Waals surface area contributed by atoms with E-state index in [1.165, 1.54) is 7.11 Å². The molecule has 1 fully saturated rings. The van der Waals surface area contributed by atoms with Crippen molar-refractivity contribution < 1.29 is 14.3 Å². The van der Waals surface area contributed by atoms with Gasteiger partial charge in [0.2, 0.25) is 5.88 Å². The number of aryl methyl sites for hydroxylation is 1. The second-order valence-corrected chi connectivity index (χ2v) is 6.90. The molecule has 1 saturated heterocycles. The van der Waals surface area contributed by atoms with E-state index >= 15 is 0 Å². The average Bonchev–Trinajstić information content (AvgIpc) is 3.02. The maximum Gasteiger partial charge on any atom is 0.316 e. The van der Waals surface area contributed by atoms with Gasteiger partial charge in [-0.3, -0.25) is 9.48 Å². The monoisotopic (exact) mass is 409 g/mol. The zero-order valence-corrected chi connectivity index (χ0v) is 15.8. The molecule has 1 atom stereocenters. The average molecular weight is 410 g/mol. The van der Waals surface area contributed by atoms with Crippen LogP contribution in [0.25, 0.3) is 0 Å². The molecular formula is C16H20BrN5O3. The topological polar surface area (TPSA) is 82.4 Å². The Balaban J connectivity index is 1.60. The molecule has 0 radical (unpaired) electrons. The molecule has 25 heavy (non-hydrogen) atoms. The standard InChI is InChI=1S/C16H20BrN5O3/c1-21-9-13(14(20-21)24-2)15(23)22-5-3-4-11(8-22)10-25-16-18-6-12(17)7-19-16/h6-7,9,11H,3-5,8,10H2,1-2H3. The lowest BCUT2D eigenvalue weighted by atomic mass is 9.98. The van der Waals surface area contributed by atoms with Crippen LogP contribution in [0.5, 0.6) is 11.9 Å². The van der Waals surface area contributed by atoms with E-state index in [4.69, 9.17) is 9.47 Å². The molecule has 0 aromatic carbocycles. The molecule has 0 N–H and O–H groups in total. The van der Waals surface area contributed by atoms with Crippen molar-refractivity contribution in [2.24, 2.45) is 13.0 Å². The van der Waals surface area contributed by atoms with Crippen molar-refractivity contribution in [1.29, 1.82) is 0 Å². The van der Waals surface area contributed by atoms with Gasteiger partial charge in [-0.25, -0.2) is 9.97 Å². The molecule has 9 heteroatoms. The number of piperidine rings is 1. The number of hydrogen-bond acceptors (Lipinski definition) is 6. The first kappa shape index (κ1) is 17.7. The molecule has 8 nitrogen and oxygen atoms in total. The molecule has 134 valence electrons. The predicted molar refractivity (Wildman–Crippen MR) is 93.6 cm³/mol. The Labute approximate surface area is 154 Å². The minimum Gasteiger partial charge on any atom is -0.479 e. The van der Waals surface area contributed by atoms with Crippen LogP contribution < -0.4 is 9.47 Å². The summed E-state index contributed by atoms with van der Waals surface area (Å²) in [6.07, 6.45) is 6.92. The largest absolute Gasteiger partial charge is 0.479 e. The lowest BCUT2D eigenvalue weighted by molar-refractivity contribution is 0.0625. The maximum absolute atomic E-state index is 12.8. The fourth-order valence-corrected chi connectivity index (χ4v) is 3.09. The number of carbonyl (C=O) groups is 1. The van der Waals surface area contributed by atoms with Gasteiger partial charge in [0.15, 0.2) is 0 Å². The van der Waals surface area contributed by atoms with Gasteiger partial charge in [0, 0.05) is 44.6 Å². The van der Waals surface area contributed by atoms with Gasteiger partial charge in [-0.1, -0.05) is 0 Å². The van der Waals surface area contributed by atoms with Gasteiger partial charge >= 0.3 is 6.01 Å². The first-order chi connectivity index (χ1) is 12.1. The SMILES string of the molecule is COc1nn(C)cc1C(=O)N1CCCC(COc2ncc(Br)cn2)C1. The normalized spacial score (nSPS) is 17.4. The minimum absolute atomic E-state index is 0.0606. The molecule has 0 aliphatic carbocycles. The van der Waals surface area contributed by atoms with Crippen LogP contribution in [0.1, 0.15) is 23.2 Å². The third-order valence-electron chi connectivity index (χ3n) is 4.07. The zero-order valence-electron chi connectivity index (χ0n) is 14.2. The number of rotatable bonds is 5. The third-order valence-corrected chi connectivity index (χ3v) is 4.48. The number of nitrogens with zero attached hydrogens (tertiary/aromatic N) is 5. The summed E-state index contributed by atoms with van der Waals surface area (Å²) in [6, 6.07) is 0.348. The molecule has 1 aliphatic heterocycles. The summed E-state index contributed by atoms with van der Waals surface area (Å²) in [6.45, 7) is 1.84. The Morgan fingerprint density at radius 1 is 1.40 bits per heavy atom. The van der Waals surface area contributed by atoms with Crippen molar-refractivity contribution in [2.45, 2.75) is 12.8 Å². The summed E-state index contributed by atoms with van der Waals surface area (Å²) in [5.41, 5.74) is 0.489. The van der Waals surface area contributed by atoms with Crippen molar-refractivity contribution >= 4 is 21.8 Å². The van der Waals surface area contributed by atoms with Gasteiger partial charge in [-0.15, -0.1) is 5.10 Å². The molecule has 3 rings (SSSR count). The van der Waals surface area contributed by atoms with Gasteiger partial charge in [0.05, 0.1) is 18.2 Å². The van der Waals surface area contributed by atoms with Crippen molar-refractivity contribution in [3.8, 4) is 11.9 Å². The number of aromatic nitrogens is 4. The van der Waals surface area contributed by atoms with Gasteiger partial charge in [-0.05, 0) is 28.8 Å². The Morgan fingerprint density at radius 3 is 2.88 bits per heavy atom. The maximum atomic E-state index is 12.8. The fourth-order valence-electron chi connectivity index (χ4n) is 2.89. The highest BCUT2D eigenvalue weighted by atomic mass is 79.9. The summed E-state index contributed by atoms with van der Waals surface area (Å²) in [5, 5.41) is 4.15. The lowest BCUT2D eigenvalue weighted by Crippen LogP contribution is -2.41. The van der Waals surface area contributed by atoms with E-state index in [-0.39, 0.29) is 11.8 Å². The Hall–Kier alpha value is -2.16. The van der Waals surface area contributed by atoms with Crippen molar-refractivity contribution in [3.05, 3.63) is 28.6 Å². The first-order valence-corrected chi connectivity index (χ1v) is 8.83. The van der Waals surface area contributed by atoms with Crippen molar-refractivity contribution in [1.82, 2.24) is 24.6 Å². The molecule has 2 aromatic rings. The predicted octanol–water partition coefficient (Wildman–Crippen LogP) is 1.91. The van der Waals surface area contributed by atoms with E-state index in [2.05, 4.69) is 31.0 Å². The molecule has 0 spiro atoms. The van der Waals surface area contributed by atoms with Crippen LogP contribution in [-0.4, -0.2) is 57.4 Å². The van der Waals surface area contributed by atoms with E-state index in [0.717, 1.165) is 23.9 Å². The second-order valence-electron chi connectivity index (χ2n) is 5.98. The smallest absolute Gasteiger partial charge is 0.316 e. The molecular weight excluding hydrogens is 390 g/mol. The van der Waals surface area contributed by atoms with Crippen LogP contribution in [-0.2, 0) is 7.05 Å². The van der Waals surface area contributed by atoms with E-state index in [0.29, 0.717) is 30.6 Å². The van der Waals surface area contributed by atoms with E-state index in [9.17, 15) is 4.79 Å². The first-order valence-electron chi connectivity index (χ1n) is 8.04. The van der Waals surface area contributed by atoms with Crippen LogP contribution >= 0.6 is 15.9 Å². The number of ether oxygens (including phenoxy) is 2. The van der Waals surface area contributed by atoms with Crippen LogP contribution in [0.4, 0.5) is 0 Å². The molecule has 1 amide bonds. The van der Waals surface area contributed by atoms with Crippen molar-refractivity contribution in [2.75, 3.05) is 26.8 Å². The zero-order chi connectivity index (χ0) is 17.8. The van der Waals surface area contributed by atoms with Crippen LogP contribution in [0.2, 0.25) is 0 Å². The molecule has 2 aromatic heterocycles. The summed E-state index contributed by atoms with van der Waals surface area (Å²) in [4.78, 5) is 22.8. The van der Waals surface area contributed by atoms with Crippen LogP contribution in [0.15, 0.2) is 23.1 Å². The van der Waals surface area contributed by atoms with Crippen LogP contribution in [0, 0.1) is 5.92 Å². The van der Waals surface area contributed by atoms with Gasteiger partial charge in [0.1, 0.15) is 5.56 Å². The molecule has 1 aliphatic rings. The van der Waals surface area contributed by atoms with Crippen molar-refractivity contribution in [3.63, 3.8) is 0 Å². The Bertz CT molecular complexity index is 734. The second kappa shape index (κ2) is 7.81. The quantitative estimate of drug-likeness (QED) is 0.749. The van der Waals surface area contributed by atoms with Crippen LogP contribution in [0.3, 0.4) is 0 Å². The number of carbonyl (C=O) groups excluding carboxylic acids is 1. The molecule has 3 heterocycles. The Kier molecular flexibility index (Phi) is 5.52. The van der Waals surface area contributed by atoms with E-state index < -0.39 is 0 Å². The summed E-state index contributed by atoms with van der Waals surface area (Å²) >= 11 is 3.29. The third kappa shape index (κ3) is 4.28. The highest BCUT2D eigenvalue weighted by molar-refractivity contribution is 9.10. The van der Waals surface area contributed by atoms with Gasteiger partial charge in [-0.2, -0.15) is 0 Å². The molecule has 1 unspecified atom stereocenters. The highest BCUT2D eigenvalue weighted by Crippen LogP contribution is 2.23. The lowest BCUT2D eigenvalue weighted by Gasteiger charge is -2.32. The summed E-state index contributed by atoms with van der Waals surface area (Å²) in [7, 11) is 3.29. The number of hydrogen-bond donors (Lipinski definition) is 0. The summed E-state index contributed by atoms with van der Waals surface area (Å²) in [5.74, 6) is 0.538. The number of methoxy groups -OCH3 is 1. The number of halogens is 1. The fraction of sp³-hybridized carbons (Fsp3) is 0.500. The highest BCUT2D eigenvalue weighted by Gasteiger charge is 2.28. The molecule has 0 saturated carbocycles. The summed E-state index contributed by atoms with van der Waals surface area (Å²) < 4.78 is 13.2. The number of likely N-dealkylation sites (tertiary alicyclic amines) is 1. The van der Waals surface area contributed by atoms with E-state index in [1.807, 2.05) is 4.90 Å². The minimum atomic E-state index is -0.0606. The van der Waals surface area contributed by atoms with E-state index in [1.54, 1.807) is 30.3 Å². The van der Waals surface area contributed by atoms with Gasteiger partial charge in [0.25, 0.3) is 5.91 Å².